The summed E-state index contributed by atoms with van der Waals surface area (Å²) in [7, 11) is 0. The van der Waals surface area contributed by atoms with Crippen molar-refractivity contribution in [2.24, 2.45) is 0 Å². The lowest BCUT2D eigenvalue weighted by molar-refractivity contribution is -0.0441. The van der Waals surface area contributed by atoms with Gasteiger partial charge in [0.05, 0.1) is 0 Å². The first kappa shape index (κ1) is 22.3. The van der Waals surface area contributed by atoms with Gasteiger partial charge >= 0.3 is 0 Å². The van der Waals surface area contributed by atoms with Crippen molar-refractivity contribution < 1.29 is 18.9 Å². The van der Waals surface area contributed by atoms with Gasteiger partial charge in [0.15, 0.2) is 23.0 Å². The second-order valence-corrected chi connectivity index (χ2v) is 11.0. The molecule has 0 atom stereocenters. The number of benzene rings is 2. The molecule has 0 saturated carbocycles. The minimum atomic E-state index is -0.538. The van der Waals surface area contributed by atoms with Crippen LogP contribution in [0.1, 0.15) is 80.4 Å². The molecule has 164 valence electrons. The van der Waals surface area contributed by atoms with Gasteiger partial charge in [-0.15, -0.1) is 0 Å². The van der Waals surface area contributed by atoms with Crippen LogP contribution in [0.15, 0.2) is 36.4 Å². The van der Waals surface area contributed by atoms with Gasteiger partial charge < -0.3 is 18.9 Å². The van der Waals surface area contributed by atoms with Crippen LogP contribution >= 0.6 is 0 Å². The van der Waals surface area contributed by atoms with E-state index in [1.165, 1.54) is 11.1 Å². The van der Waals surface area contributed by atoms with E-state index in [1.54, 1.807) is 0 Å². The predicted octanol–water partition coefficient (Wildman–Crippen LogP) is 6.98. The fourth-order valence-corrected chi connectivity index (χ4v) is 3.51. The Morgan fingerprint density at radius 2 is 1.17 bits per heavy atom. The van der Waals surface area contributed by atoms with Crippen molar-refractivity contribution in [3.63, 3.8) is 0 Å². The Kier molecular flexibility index (Phi) is 5.29. The molecule has 0 bridgehead atoms. The van der Waals surface area contributed by atoms with Crippen molar-refractivity contribution in [1.82, 2.24) is 0 Å². The highest BCUT2D eigenvalue weighted by Crippen LogP contribution is 2.45. The normalized spacial score (nSPS) is 17.9. The van der Waals surface area contributed by atoms with E-state index < -0.39 is 11.6 Å². The van der Waals surface area contributed by atoms with Crippen molar-refractivity contribution >= 4 is 0 Å². The van der Waals surface area contributed by atoms with E-state index in [0.29, 0.717) is 0 Å². The maximum absolute atomic E-state index is 5.83. The Balaban J connectivity index is 0.000000171. The molecule has 2 aromatic rings. The molecule has 4 nitrogen and oxygen atoms in total. The van der Waals surface area contributed by atoms with Crippen molar-refractivity contribution in [1.29, 1.82) is 0 Å². The van der Waals surface area contributed by atoms with E-state index in [1.807, 2.05) is 45.9 Å². The van der Waals surface area contributed by atoms with Gasteiger partial charge in [0.1, 0.15) is 0 Å². The first-order valence-corrected chi connectivity index (χ1v) is 10.6. The van der Waals surface area contributed by atoms with Gasteiger partial charge in [-0.2, -0.15) is 0 Å². The second kappa shape index (κ2) is 7.11. The Morgan fingerprint density at radius 3 is 1.77 bits per heavy atom. The number of fused-ring (bicyclic) bond motifs is 2. The van der Waals surface area contributed by atoms with Gasteiger partial charge in [-0.1, -0.05) is 59.7 Å². The summed E-state index contributed by atoms with van der Waals surface area (Å²) in [5, 5.41) is 0. The minimum Gasteiger partial charge on any atom is -0.449 e. The zero-order valence-corrected chi connectivity index (χ0v) is 20.1. The molecule has 2 heterocycles. The smallest absolute Gasteiger partial charge is 0.246 e. The summed E-state index contributed by atoms with van der Waals surface area (Å²) in [4.78, 5) is 0. The summed E-state index contributed by atoms with van der Waals surface area (Å²) in [6.45, 7) is 20.8. The van der Waals surface area contributed by atoms with Crippen LogP contribution < -0.4 is 18.9 Å². The molecule has 2 aromatic carbocycles. The lowest BCUT2D eigenvalue weighted by atomic mass is 9.86. The SMILES string of the molecule is CC1(C)Oc2ccc(C(C)(C)C)cc2O1.CC1(C)Oc2cccc(C(C)(C)C)c2O1. The average Bonchev–Trinajstić information content (AvgIpc) is 3.04. The van der Waals surface area contributed by atoms with E-state index in [2.05, 4.69) is 59.7 Å². The van der Waals surface area contributed by atoms with Crippen LogP contribution in [0.25, 0.3) is 0 Å². The van der Waals surface area contributed by atoms with Crippen LogP contribution in [0.3, 0.4) is 0 Å². The summed E-state index contributed by atoms with van der Waals surface area (Å²) < 4.78 is 22.9. The molecular formula is C26H36O4. The Labute approximate surface area is 181 Å². The van der Waals surface area contributed by atoms with Gasteiger partial charge in [0.25, 0.3) is 0 Å². The largest absolute Gasteiger partial charge is 0.449 e. The summed E-state index contributed by atoms with van der Waals surface area (Å²) in [5.74, 6) is 2.38. The maximum Gasteiger partial charge on any atom is 0.246 e. The summed E-state index contributed by atoms with van der Waals surface area (Å²) in [6, 6.07) is 12.2. The summed E-state index contributed by atoms with van der Waals surface area (Å²) >= 11 is 0. The van der Waals surface area contributed by atoms with Crippen LogP contribution in [0, 0.1) is 0 Å². The predicted molar refractivity (Wildman–Crippen MR) is 121 cm³/mol. The van der Waals surface area contributed by atoms with Crippen LogP contribution in [-0.2, 0) is 10.8 Å². The molecular weight excluding hydrogens is 376 g/mol. The molecule has 0 radical (unpaired) electrons. The minimum absolute atomic E-state index is 0.0785. The molecule has 4 rings (SSSR count). The van der Waals surface area contributed by atoms with E-state index in [9.17, 15) is 0 Å². The molecule has 0 N–H and O–H groups in total. The Bertz CT molecular complexity index is 927. The highest BCUT2D eigenvalue weighted by atomic mass is 16.7. The van der Waals surface area contributed by atoms with Gasteiger partial charge in [-0.05, 0) is 34.6 Å². The third-order valence-corrected chi connectivity index (χ3v) is 5.01. The first-order chi connectivity index (χ1) is 13.6. The van der Waals surface area contributed by atoms with Gasteiger partial charge in [0.2, 0.25) is 11.6 Å². The monoisotopic (exact) mass is 412 g/mol. The number of para-hydroxylation sites is 1. The average molecular weight is 413 g/mol. The molecule has 0 unspecified atom stereocenters. The lowest BCUT2D eigenvalue weighted by Gasteiger charge is -2.22. The lowest BCUT2D eigenvalue weighted by Crippen LogP contribution is -2.30. The third kappa shape index (κ3) is 4.85. The fraction of sp³-hybridized carbons (Fsp3) is 0.538. The van der Waals surface area contributed by atoms with Crippen LogP contribution in [0.5, 0.6) is 23.0 Å². The molecule has 2 aliphatic heterocycles. The van der Waals surface area contributed by atoms with Crippen molar-refractivity contribution in [3.05, 3.63) is 47.5 Å². The molecule has 0 saturated heterocycles. The molecule has 30 heavy (non-hydrogen) atoms. The molecule has 0 aromatic heterocycles. The van der Waals surface area contributed by atoms with Crippen LogP contribution in [0.4, 0.5) is 0 Å². The molecule has 0 amide bonds. The Morgan fingerprint density at radius 1 is 0.600 bits per heavy atom. The molecule has 0 spiro atoms. The number of hydrogen-bond acceptors (Lipinski definition) is 4. The van der Waals surface area contributed by atoms with Crippen molar-refractivity contribution in [2.75, 3.05) is 0 Å². The quantitative estimate of drug-likeness (QED) is 0.467. The van der Waals surface area contributed by atoms with Crippen molar-refractivity contribution in [3.8, 4) is 23.0 Å². The van der Waals surface area contributed by atoms with Gasteiger partial charge in [-0.3, -0.25) is 0 Å². The zero-order chi connectivity index (χ0) is 22.5. The van der Waals surface area contributed by atoms with E-state index >= 15 is 0 Å². The number of hydrogen-bond donors (Lipinski definition) is 0. The standard InChI is InChI=1S/2C13H18O2/c1-12(2,3)9-6-7-10-11(8-9)15-13(4,5)14-10;1-12(2,3)9-7-6-8-10-11(9)15-13(4,5)14-10/h2*6-8H,1-5H3. The van der Waals surface area contributed by atoms with Crippen molar-refractivity contribution in [2.45, 2.75) is 91.6 Å². The van der Waals surface area contributed by atoms with Crippen LogP contribution in [-0.4, -0.2) is 11.6 Å². The summed E-state index contributed by atoms with van der Waals surface area (Å²) in [6.07, 6.45) is 0. The molecule has 4 heteroatoms. The molecule has 0 aliphatic carbocycles. The summed E-state index contributed by atoms with van der Waals surface area (Å²) in [5.41, 5.74) is 2.69. The number of rotatable bonds is 0. The highest BCUT2D eigenvalue weighted by molar-refractivity contribution is 5.51. The Hall–Kier alpha value is -2.36. The fourth-order valence-electron chi connectivity index (χ4n) is 3.51. The third-order valence-electron chi connectivity index (χ3n) is 5.01. The van der Waals surface area contributed by atoms with Gasteiger partial charge in [-0.25, -0.2) is 0 Å². The van der Waals surface area contributed by atoms with Gasteiger partial charge in [0, 0.05) is 33.3 Å². The van der Waals surface area contributed by atoms with E-state index in [4.69, 9.17) is 18.9 Å². The molecule has 0 fully saturated rings. The molecule has 2 aliphatic rings. The highest BCUT2D eigenvalue weighted by Gasteiger charge is 2.35. The second-order valence-electron chi connectivity index (χ2n) is 11.0. The van der Waals surface area contributed by atoms with E-state index in [-0.39, 0.29) is 10.8 Å². The number of ether oxygens (including phenoxy) is 4. The first-order valence-electron chi connectivity index (χ1n) is 10.6. The van der Waals surface area contributed by atoms with Crippen LogP contribution in [0.2, 0.25) is 0 Å². The van der Waals surface area contributed by atoms with E-state index in [0.717, 1.165) is 23.0 Å². The zero-order valence-electron chi connectivity index (χ0n) is 20.1. The maximum atomic E-state index is 5.83. The topological polar surface area (TPSA) is 36.9 Å².